The van der Waals surface area contributed by atoms with Crippen molar-refractivity contribution in [1.29, 1.82) is 0 Å². The summed E-state index contributed by atoms with van der Waals surface area (Å²) in [4.78, 5) is 43.9. The number of amides is 3. The Kier molecular flexibility index (Phi) is 10.1. The standard InChI is InChI=1S/C30H37N7O3/c31-30(32)34-17-7-13-25(28(39)35-23-15-14-21-10-4-5-11-22(21)19-23)36-29(40)26(18-20-8-2-1-3-9-20)37-27(38)24-12-6-16-33-24/h1-5,8-11,14-15,19,24-26,33H,6-7,12-13,16-18H2,(H,35,39)(H,36,40)(H,37,38)(H4,31,32,34). The average Bonchev–Trinajstić information content (AvgIpc) is 3.50. The fourth-order valence-electron chi connectivity index (χ4n) is 4.78. The molecule has 1 saturated heterocycles. The van der Waals surface area contributed by atoms with E-state index in [-0.39, 0.29) is 30.2 Å². The summed E-state index contributed by atoms with van der Waals surface area (Å²) < 4.78 is 0. The normalized spacial score (nSPS) is 16.1. The third-order valence-electron chi connectivity index (χ3n) is 6.89. The van der Waals surface area contributed by atoms with E-state index in [4.69, 9.17) is 11.5 Å². The monoisotopic (exact) mass is 543 g/mol. The van der Waals surface area contributed by atoms with Gasteiger partial charge in [0.2, 0.25) is 17.7 Å². The molecular weight excluding hydrogens is 506 g/mol. The Hall–Kier alpha value is -4.44. The van der Waals surface area contributed by atoms with Crippen molar-refractivity contribution < 1.29 is 14.4 Å². The SMILES string of the molecule is NC(N)=NCCCC(NC(=O)C(Cc1ccccc1)NC(=O)C1CCCN1)C(=O)Nc1ccc2ccccc2c1. The molecular formula is C30H37N7O3. The van der Waals surface area contributed by atoms with Gasteiger partial charge >= 0.3 is 0 Å². The van der Waals surface area contributed by atoms with Gasteiger partial charge in [0.15, 0.2) is 5.96 Å². The minimum Gasteiger partial charge on any atom is -0.370 e. The van der Waals surface area contributed by atoms with Crippen molar-refractivity contribution in [3.05, 3.63) is 78.4 Å². The number of carbonyl (C=O) groups is 3. The van der Waals surface area contributed by atoms with E-state index >= 15 is 0 Å². The van der Waals surface area contributed by atoms with Crippen molar-refractivity contribution in [2.75, 3.05) is 18.4 Å². The van der Waals surface area contributed by atoms with Crippen LogP contribution in [0.1, 0.15) is 31.2 Å². The summed E-state index contributed by atoms with van der Waals surface area (Å²) in [6, 6.07) is 20.9. The van der Waals surface area contributed by atoms with Crippen molar-refractivity contribution >= 4 is 40.1 Å². The molecule has 10 nitrogen and oxygen atoms in total. The lowest BCUT2D eigenvalue weighted by Gasteiger charge is -2.24. The van der Waals surface area contributed by atoms with E-state index in [0.717, 1.165) is 29.3 Å². The number of carbonyl (C=O) groups excluding carboxylic acids is 3. The Morgan fingerprint density at radius 1 is 0.900 bits per heavy atom. The highest BCUT2D eigenvalue weighted by atomic mass is 16.2. The topological polar surface area (TPSA) is 164 Å². The average molecular weight is 544 g/mol. The van der Waals surface area contributed by atoms with Gasteiger partial charge in [-0.2, -0.15) is 0 Å². The summed E-state index contributed by atoms with van der Waals surface area (Å²) in [5.74, 6) is -1.06. The predicted octanol–water partition coefficient (Wildman–Crippen LogP) is 1.80. The summed E-state index contributed by atoms with van der Waals surface area (Å²) in [6.45, 7) is 1.08. The molecule has 1 aliphatic heterocycles. The zero-order valence-electron chi connectivity index (χ0n) is 22.4. The fourth-order valence-corrected chi connectivity index (χ4v) is 4.78. The fraction of sp³-hybridized carbons (Fsp3) is 0.333. The molecule has 0 spiro atoms. The van der Waals surface area contributed by atoms with Gasteiger partial charge in [0.25, 0.3) is 0 Å². The van der Waals surface area contributed by atoms with Crippen LogP contribution >= 0.6 is 0 Å². The summed E-state index contributed by atoms with van der Waals surface area (Å²) in [5.41, 5.74) is 12.4. The van der Waals surface area contributed by atoms with Crippen LogP contribution in [0.2, 0.25) is 0 Å². The van der Waals surface area contributed by atoms with Crippen LogP contribution in [0.15, 0.2) is 77.8 Å². The van der Waals surface area contributed by atoms with Crippen LogP contribution in [-0.2, 0) is 20.8 Å². The van der Waals surface area contributed by atoms with Gasteiger partial charge in [-0.25, -0.2) is 0 Å². The second-order valence-corrected chi connectivity index (χ2v) is 9.96. The lowest BCUT2D eigenvalue weighted by atomic mass is 10.0. The van der Waals surface area contributed by atoms with Crippen molar-refractivity contribution in [1.82, 2.24) is 16.0 Å². The van der Waals surface area contributed by atoms with E-state index in [1.165, 1.54) is 0 Å². The van der Waals surface area contributed by atoms with E-state index in [9.17, 15) is 14.4 Å². The summed E-state index contributed by atoms with van der Waals surface area (Å²) in [6.07, 6.45) is 2.68. The van der Waals surface area contributed by atoms with Gasteiger partial charge in [-0.1, -0.05) is 60.7 Å². The van der Waals surface area contributed by atoms with Crippen LogP contribution in [0.3, 0.4) is 0 Å². The van der Waals surface area contributed by atoms with E-state index < -0.39 is 18.0 Å². The first-order chi connectivity index (χ1) is 19.4. The second kappa shape index (κ2) is 14.1. The predicted molar refractivity (Wildman–Crippen MR) is 158 cm³/mol. The maximum atomic E-state index is 13.6. The summed E-state index contributed by atoms with van der Waals surface area (Å²) in [7, 11) is 0. The highest BCUT2D eigenvalue weighted by Crippen LogP contribution is 2.19. The number of nitrogens with one attached hydrogen (secondary N) is 4. The number of rotatable bonds is 12. The van der Waals surface area contributed by atoms with Gasteiger partial charge in [0.05, 0.1) is 6.04 Å². The summed E-state index contributed by atoms with van der Waals surface area (Å²) >= 11 is 0. The lowest BCUT2D eigenvalue weighted by Crippen LogP contribution is -2.55. The molecule has 3 aromatic rings. The first-order valence-corrected chi connectivity index (χ1v) is 13.6. The van der Waals surface area contributed by atoms with E-state index in [0.29, 0.717) is 31.5 Å². The van der Waals surface area contributed by atoms with Crippen LogP contribution in [0, 0.1) is 0 Å². The van der Waals surface area contributed by atoms with E-state index in [1.807, 2.05) is 72.8 Å². The number of nitrogens with zero attached hydrogens (tertiary/aromatic N) is 1. The first kappa shape index (κ1) is 28.6. The van der Waals surface area contributed by atoms with E-state index in [2.05, 4.69) is 26.3 Å². The molecule has 3 amide bonds. The molecule has 3 unspecified atom stereocenters. The third-order valence-corrected chi connectivity index (χ3v) is 6.89. The number of anilines is 1. The molecule has 0 aliphatic carbocycles. The molecule has 3 atom stereocenters. The van der Waals surface area contributed by atoms with Gasteiger partial charge in [0, 0.05) is 18.7 Å². The Morgan fingerprint density at radius 3 is 2.38 bits per heavy atom. The minimum absolute atomic E-state index is 0.0349. The van der Waals surface area contributed by atoms with Crippen LogP contribution < -0.4 is 32.7 Å². The molecule has 0 radical (unpaired) electrons. The van der Waals surface area contributed by atoms with Crippen LogP contribution in [0.4, 0.5) is 5.69 Å². The zero-order chi connectivity index (χ0) is 28.3. The molecule has 0 bridgehead atoms. The first-order valence-electron chi connectivity index (χ1n) is 13.6. The zero-order valence-corrected chi connectivity index (χ0v) is 22.4. The van der Waals surface area contributed by atoms with Crippen LogP contribution in [-0.4, -0.2) is 54.9 Å². The quantitative estimate of drug-likeness (QED) is 0.116. The van der Waals surface area contributed by atoms with Gasteiger partial charge in [-0.05, 0) is 60.7 Å². The van der Waals surface area contributed by atoms with Gasteiger partial charge < -0.3 is 32.7 Å². The van der Waals surface area contributed by atoms with Gasteiger partial charge in [-0.3, -0.25) is 19.4 Å². The molecule has 10 heteroatoms. The van der Waals surface area contributed by atoms with Crippen molar-refractivity contribution in [2.45, 2.75) is 50.2 Å². The second-order valence-electron chi connectivity index (χ2n) is 9.96. The minimum atomic E-state index is -0.868. The number of fused-ring (bicyclic) bond motifs is 1. The molecule has 3 aromatic carbocycles. The largest absolute Gasteiger partial charge is 0.370 e. The third kappa shape index (κ3) is 8.28. The lowest BCUT2D eigenvalue weighted by molar-refractivity contribution is -0.131. The maximum Gasteiger partial charge on any atom is 0.246 e. The molecule has 210 valence electrons. The number of hydrogen-bond donors (Lipinski definition) is 6. The number of nitrogens with two attached hydrogens (primary N) is 2. The number of guanidine groups is 1. The van der Waals surface area contributed by atoms with Crippen LogP contribution in [0.5, 0.6) is 0 Å². The van der Waals surface area contributed by atoms with Crippen molar-refractivity contribution in [3.63, 3.8) is 0 Å². The number of hydrogen-bond acceptors (Lipinski definition) is 5. The molecule has 0 aromatic heterocycles. The molecule has 4 rings (SSSR count). The van der Waals surface area contributed by atoms with E-state index in [1.54, 1.807) is 0 Å². The van der Waals surface area contributed by atoms with Crippen molar-refractivity contribution in [2.24, 2.45) is 16.5 Å². The number of benzene rings is 3. The Bertz CT molecular complexity index is 1340. The Morgan fingerprint density at radius 2 is 1.65 bits per heavy atom. The molecule has 1 fully saturated rings. The van der Waals surface area contributed by atoms with Crippen LogP contribution in [0.25, 0.3) is 10.8 Å². The maximum absolute atomic E-state index is 13.6. The molecule has 0 saturated carbocycles. The van der Waals surface area contributed by atoms with Gasteiger partial charge in [-0.15, -0.1) is 0 Å². The molecule has 40 heavy (non-hydrogen) atoms. The molecule has 1 heterocycles. The Balaban J connectivity index is 1.50. The number of aliphatic imine (C=N–C) groups is 1. The smallest absolute Gasteiger partial charge is 0.246 e. The highest BCUT2D eigenvalue weighted by molar-refractivity contribution is 6.00. The molecule has 8 N–H and O–H groups in total. The summed E-state index contributed by atoms with van der Waals surface area (Å²) in [5, 5.41) is 13.9. The molecule has 1 aliphatic rings. The Labute approximate surface area is 234 Å². The van der Waals surface area contributed by atoms with Crippen molar-refractivity contribution in [3.8, 4) is 0 Å². The van der Waals surface area contributed by atoms with Gasteiger partial charge in [0.1, 0.15) is 12.1 Å². The highest BCUT2D eigenvalue weighted by Gasteiger charge is 2.30.